The number of halogens is 1. The van der Waals surface area contributed by atoms with Crippen LogP contribution in [-0.2, 0) is 33.0 Å². The van der Waals surface area contributed by atoms with Gasteiger partial charge in [0.1, 0.15) is 0 Å². The fraction of sp³-hybridized carbons (Fsp3) is 0. The van der Waals surface area contributed by atoms with E-state index in [1.165, 1.54) is 0 Å². The van der Waals surface area contributed by atoms with E-state index in [1.807, 2.05) is 0 Å². The van der Waals surface area contributed by atoms with Crippen LogP contribution in [0, 0.1) is 0 Å². The topological polar surface area (TPSA) is 0 Å². The molecule has 0 aliphatic heterocycles. The first-order valence-corrected chi connectivity index (χ1v) is 0. The first-order valence-electron chi connectivity index (χ1n) is 0. The van der Waals surface area contributed by atoms with Crippen LogP contribution in [0.25, 0.3) is 0 Å². The summed E-state index contributed by atoms with van der Waals surface area (Å²) in [5.74, 6) is 0. The summed E-state index contributed by atoms with van der Waals surface area (Å²) in [5, 5.41) is 0. The van der Waals surface area contributed by atoms with Crippen LogP contribution >= 0.6 is 12.4 Å². The van der Waals surface area contributed by atoms with Crippen molar-refractivity contribution in [2.75, 3.05) is 0 Å². The summed E-state index contributed by atoms with van der Waals surface area (Å²) < 4.78 is 0. The molecule has 0 bridgehead atoms. The molecule has 0 nitrogen and oxygen atoms in total. The van der Waals surface area contributed by atoms with E-state index >= 15 is 0 Å². The van der Waals surface area contributed by atoms with Gasteiger partial charge in [-0.1, -0.05) is 0 Å². The van der Waals surface area contributed by atoms with Crippen LogP contribution in [0.2, 0.25) is 0 Å². The zero-order chi connectivity index (χ0) is 0. The van der Waals surface area contributed by atoms with Gasteiger partial charge in [-0.2, -0.15) is 0 Å². The fourth-order valence-corrected chi connectivity index (χ4v) is 0. The summed E-state index contributed by atoms with van der Waals surface area (Å²) in [5.41, 5.74) is 0. The van der Waals surface area contributed by atoms with Crippen molar-refractivity contribution in [1.82, 2.24) is 0 Å². The van der Waals surface area contributed by atoms with Crippen molar-refractivity contribution in [3.63, 3.8) is 0 Å². The normalized spacial score (nSPS) is 0. The van der Waals surface area contributed by atoms with Crippen molar-refractivity contribution in [1.29, 1.82) is 0 Å². The zero-order valence-electron chi connectivity index (χ0n) is 2.52. The Kier molecular flexibility index (Phi) is 158. The van der Waals surface area contributed by atoms with Gasteiger partial charge in [0, 0.05) is 0 Å². The van der Waals surface area contributed by atoms with E-state index in [0.717, 1.165) is 0 Å². The van der Waals surface area contributed by atoms with E-state index < -0.39 is 0 Å². The first kappa shape index (κ1) is 33.9. The number of rotatable bonds is 0. The third-order valence-corrected chi connectivity index (χ3v) is 0. The molecule has 0 saturated heterocycles. The minimum absolute atomic E-state index is 0. The number of hydrogen-bond donors (Lipinski definition) is 0. The second kappa shape index (κ2) is 18.7. The summed E-state index contributed by atoms with van der Waals surface area (Å²) in [6, 6.07) is 0. The van der Waals surface area contributed by atoms with Gasteiger partial charge in [-0.3, -0.25) is 0 Å². The van der Waals surface area contributed by atoms with E-state index in [0.29, 0.717) is 0 Å². The van der Waals surface area contributed by atoms with Crippen LogP contribution < -0.4 is 29.6 Å². The van der Waals surface area contributed by atoms with Gasteiger partial charge in [-0.25, -0.2) is 0 Å². The maximum absolute atomic E-state index is 0. The van der Waals surface area contributed by atoms with Crippen molar-refractivity contribution in [2.45, 2.75) is 0 Å². The summed E-state index contributed by atoms with van der Waals surface area (Å²) in [7, 11) is 0. The van der Waals surface area contributed by atoms with Gasteiger partial charge in [0.25, 0.3) is 0 Å². The summed E-state index contributed by atoms with van der Waals surface area (Å²) >= 11 is 0. The fourth-order valence-electron chi connectivity index (χ4n) is 0. The van der Waals surface area contributed by atoms with E-state index in [-0.39, 0.29) is 74.9 Å². The molecule has 0 rings (SSSR count). The molecule has 0 atom stereocenters. The standard InChI is InChI=1S/ClH.Na.S.Zn/h1H;;;/q;+1;-2;+2. The van der Waals surface area contributed by atoms with E-state index in [4.69, 9.17) is 0 Å². The minimum Gasteiger partial charge on any atom is -2.00 e. The molecule has 0 aromatic heterocycles. The quantitative estimate of drug-likeness (QED) is 0.339. The molecule has 0 aromatic carbocycles. The predicted molar refractivity (Wildman–Crippen MR) is 14.6 cm³/mol. The molecule has 0 saturated carbocycles. The predicted octanol–water partition coefficient (Wildman–Crippen LogP) is -2.58. The van der Waals surface area contributed by atoms with Crippen LogP contribution in [0.15, 0.2) is 0 Å². The number of hydrogen-bond acceptors (Lipinski definition) is 0. The van der Waals surface area contributed by atoms with Gasteiger partial charge in [0.15, 0.2) is 0 Å². The molecule has 0 radical (unpaired) electrons. The first-order chi connectivity index (χ1) is 0. The maximum atomic E-state index is 0. The van der Waals surface area contributed by atoms with Gasteiger partial charge < -0.3 is 13.5 Å². The van der Waals surface area contributed by atoms with Crippen molar-refractivity contribution in [3.8, 4) is 0 Å². The Bertz CT molecular complexity index is 8.00. The minimum atomic E-state index is 0. The molecule has 4 heteroatoms. The average molecular weight is 157 g/mol. The van der Waals surface area contributed by atoms with E-state index in [9.17, 15) is 0 Å². The molecule has 0 aliphatic rings. The third-order valence-electron chi connectivity index (χ3n) is 0. The smallest absolute Gasteiger partial charge is 2.00 e. The molecule has 0 N–H and O–H groups in total. The molecule has 0 heterocycles. The largest absolute Gasteiger partial charge is 2.00 e. The summed E-state index contributed by atoms with van der Waals surface area (Å²) in [6.45, 7) is 0. The van der Waals surface area contributed by atoms with Gasteiger partial charge in [0.05, 0.1) is 0 Å². The van der Waals surface area contributed by atoms with Gasteiger partial charge in [-0.15, -0.1) is 12.4 Å². The van der Waals surface area contributed by atoms with Gasteiger partial charge >= 0.3 is 49.0 Å². The molecule has 0 fully saturated rings. The molecule has 0 aromatic rings. The monoisotopic (exact) mass is 155 g/mol. The second-order valence-corrected chi connectivity index (χ2v) is 0. The Morgan fingerprint density at radius 3 is 1.00 bits per heavy atom. The van der Waals surface area contributed by atoms with E-state index in [1.54, 1.807) is 0 Å². The SMILES string of the molecule is Cl.[Na+].[S-2].[Zn+2]. The molecular formula is HClNaSZn+. The van der Waals surface area contributed by atoms with Crippen LogP contribution in [0.1, 0.15) is 0 Å². The van der Waals surface area contributed by atoms with E-state index in [2.05, 4.69) is 0 Å². The molecule has 0 unspecified atom stereocenters. The molecule has 4 heavy (non-hydrogen) atoms. The Labute approximate surface area is 74.0 Å². The average Bonchev–Trinajstić information content (AvgIpc) is 0. The van der Waals surface area contributed by atoms with Crippen LogP contribution in [0.4, 0.5) is 0 Å². The van der Waals surface area contributed by atoms with Crippen molar-refractivity contribution in [3.05, 3.63) is 0 Å². The molecular weight excluding hydrogens is 156 g/mol. The van der Waals surface area contributed by atoms with Crippen molar-refractivity contribution < 1.29 is 49.0 Å². The zero-order valence-corrected chi connectivity index (χ0v) is 9.12. The van der Waals surface area contributed by atoms with Crippen LogP contribution in [-0.4, -0.2) is 0 Å². The Morgan fingerprint density at radius 1 is 1.00 bits per heavy atom. The Balaban J connectivity index is 0. The maximum Gasteiger partial charge on any atom is 2.00 e. The molecule has 0 spiro atoms. The van der Waals surface area contributed by atoms with Crippen LogP contribution in [0.5, 0.6) is 0 Å². The molecule has 0 aliphatic carbocycles. The third kappa shape index (κ3) is 8.86. The summed E-state index contributed by atoms with van der Waals surface area (Å²) in [4.78, 5) is 0. The second-order valence-electron chi connectivity index (χ2n) is 0. The van der Waals surface area contributed by atoms with Gasteiger partial charge in [-0.05, 0) is 0 Å². The molecule has 16 valence electrons. The Hall–Kier alpha value is 2.26. The Morgan fingerprint density at radius 2 is 1.00 bits per heavy atom. The summed E-state index contributed by atoms with van der Waals surface area (Å²) in [6.07, 6.45) is 0. The van der Waals surface area contributed by atoms with Crippen molar-refractivity contribution >= 4 is 25.9 Å². The van der Waals surface area contributed by atoms with Gasteiger partial charge in [0.2, 0.25) is 0 Å². The van der Waals surface area contributed by atoms with Crippen molar-refractivity contribution in [2.24, 2.45) is 0 Å². The molecule has 0 amide bonds. The van der Waals surface area contributed by atoms with Crippen LogP contribution in [0.3, 0.4) is 0 Å².